The number of benzene rings is 1. The van der Waals surface area contributed by atoms with Gasteiger partial charge in [0.05, 0.1) is 5.69 Å². The minimum Gasteiger partial charge on any atom is -0.481 e. The number of likely N-dealkylation sites (tertiary alicyclic amines) is 1. The number of piperazine rings is 1. The molecule has 27 heavy (non-hydrogen) atoms. The molecule has 1 aromatic rings. The van der Waals surface area contributed by atoms with E-state index in [0.29, 0.717) is 23.7 Å². The minimum atomic E-state index is -0.709. The van der Waals surface area contributed by atoms with E-state index in [1.807, 2.05) is 12.1 Å². The Labute approximate surface area is 161 Å². The molecule has 6 heteroatoms. The molecule has 5 nitrogen and oxygen atoms in total. The zero-order valence-electron chi connectivity index (χ0n) is 16.5. The molecular weight excluding hydrogens is 345 g/mol. The number of para-hydroxylation sites is 1. The third-order valence-corrected chi connectivity index (χ3v) is 6.16. The number of carbonyl (C=O) groups is 1. The normalized spacial score (nSPS) is 25.1. The molecule has 0 unspecified atom stereocenters. The average molecular weight is 378 g/mol. The molecule has 0 spiro atoms. The number of rotatable bonds is 6. The van der Waals surface area contributed by atoms with Crippen LogP contribution in [0, 0.1) is 11.7 Å². The van der Waals surface area contributed by atoms with Crippen molar-refractivity contribution < 1.29 is 14.3 Å². The van der Waals surface area contributed by atoms with Gasteiger partial charge in [0, 0.05) is 51.2 Å². The molecule has 0 radical (unpaired) electrons. The predicted molar refractivity (Wildman–Crippen MR) is 106 cm³/mol. The SMILES string of the molecule is CC(C)N1CC[C@@H](N2CCN(c3ccccc3F)CC2)[C@@H](CCC(=O)O)C1. The van der Waals surface area contributed by atoms with Crippen LogP contribution in [0.25, 0.3) is 0 Å². The Morgan fingerprint density at radius 2 is 1.89 bits per heavy atom. The number of aliphatic carboxylic acids is 1. The standard InChI is InChI=1S/C21H32FN3O2/c1-16(2)25-10-9-19(17(15-25)7-8-21(26)27)23-11-13-24(14-12-23)20-6-4-3-5-18(20)22/h3-6,16-17,19H,7-15H2,1-2H3,(H,26,27)/t17-,19+/m0/s1. The third kappa shape index (κ3) is 4.99. The van der Waals surface area contributed by atoms with Crippen LogP contribution in [0.1, 0.15) is 33.1 Å². The van der Waals surface area contributed by atoms with E-state index in [0.717, 1.165) is 52.1 Å². The molecule has 1 aromatic carbocycles. The van der Waals surface area contributed by atoms with Crippen molar-refractivity contribution in [1.29, 1.82) is 0 Å². The summed E-state index contributed by atoms with van der Waals surface area (Å²) in [6, 6.07) is 7.91. The topological polar surface area (TPSA) is 47.0 Å². The van der Waals surface area contributed by atoms with E-state index >= 15 is 0 Å². The fourth-order valence-corrected chi connectivity index (χ4v) is 4.59. The van der Waals surface area contributed by atoms with Crippen LogP contribution in [-0.2, 0) is 4.79 Å². The number of halogens is 1. The summed E-state index contributed by atoms with van der Waals surface area (Å²) in [5.74, 6) is -0.479. The van der Waals surface area contributed by atoms with Crippen molar-refractivity contribution >= 4 is 11.7 Å². The van der Waals surface area contributed by atoms with Crippen LogP contribution in [0.3, 0.4) is 0 Å². The summed E-state index contributed by atoms with van der Waals surface area (Å²) >= 11 is 0. The Morgan fingerprint density at radius 1 is 1.19 bits per heavy atom. The van der Waals surface area contributed by atoms with Gasteiger partial charge in [-0.05, 0) is 51.3 Å². The van der Waals surface area contributed by atoms with Crippen LogP contribution in [0.4, 0.5) is 10.1 Å². The van der Waals surface area contributed by atoms with Crippen LogP contribution in [-0.4, -0.2) is 72.2 Å². The second-order valence-corrected chi connectivity index (χ2v) is 8.11. The Balaban J connectivity index is 1.62. The molecule has 2 heterocycles. The molecule has 0 aliphatic carbocycles. The van der Waals surface area contributed by atoms with Gasteiger partial charge < -0.3 is 14.9 Å². The molecule has 1 N–H and O–H groups in total. The van der Waals surface area contributed by atoms with E-state index in [-0.39, 0.29) is 12.2 Å². The molecule has 2 fully saturated rings. The number of piperidine rings is 1. The van der Waals surface area contributed by atoms with Crippen LogP contribution >= 0.6 is 0 Å². The highest BCUT2D eigenvalue weighted by atomic mass is 19.1. The Hall–Kier alpha value is -1.66. The van der Waals surface area contributed by atoms with Crippen LogP contribution < -0.4 is 4.90 Å². The lowest BCUT2D eigenvalue weighted by atomic mass is 9.86. The van der Waals surface area contributed by atoms with Gasteiger partial charge in [0.15, 0.2) is 0 Å². The lowest BCUT2D eigenvalue weighted by Crippen LogP contribution is -2.57. The van der Waals surface area contributed by atoms with E-state index < -0.39 is 5.97 Å². The van der Waals surface area contributed by atoms with Crippen molar-refractivity contribution in [3.8, 4) is 0 Å². The van der Waals surface area contributed by atoms with Gasteiger partial charge >= 0.3 is 5.97 Å². The fraction of sp³-hybridized carbons (Fsp3) is 0.667. The summed E-state index contributed by atoms with van der Waals surface area (Å²) in [4.78, 5) is 18.2. The zero-order chi connectivity index (χ0) is 19.4. The van der Waals surface area contributed by atoms with E-state index in [4.69, 9.17) is 5.11 Å². The number of carboxylic acid groups (broad SMARTS) is 1. The lowest BCUT2D eigenvalue weighted by Gasteiger charge is -2.48. The monoisotopic (exact) mass is 377 g/mol. The maximum atomic E-state index is 14.1. The molecule has 2 saturated heterocycles. The predicted octanol–water partition coefficient (Wildman–Crippen LogP) is 2.91. The maximum absolute atomic E-state index is 14.1. The second kappa shape index (κ2) is 9.02. The van der Waals surface area contributed by atoms with Gasteiger partial charge in [-0.2, -0.15) is 0 Å². The first-order chi connectivity index (χ1) is 13.0. The van der Waals surface area contributed by atoms with E-state index in [2.05, 4.69) is 28.5 Å². The number of carboxylic acids is 1. The lowest BCUT2D eigenvalue weighted by molar-refractivity contribution is -0.137. The summed E-state index contributed by atoms with van der Waals surface area (Å²) in [6.07, 6.45) is 2.06. The van der Waals surface area contributed by atoms with Crippen LogP contribution in [0.5, 0.6) is 0 Å². The second-order valence-electron chi connectivity index (χ2n) is 8.11. The molecular formula is C21H32FN3O2. The highest BCUT2D eigenvalue weighted by Crippen LogP contribution is 2.29. The summed E-state index contributed by atoms with van der Waals surface area (Å²) in [7, 11) is 0. The zero-order valence-corrected chi connectivity index (χ0v) is 16.5. The smallest absolute Gasteiger partial charge is 0.303 e. The van der Waals surface area contributed by atoms with E-state index in [9.17, 15) is 9.18 Å². The third-order valence-electron chi connectivity index (χ3n) is 6.16. The van der Waals surface area contributed by atoms with Gasteiger partial charge in [-0.1, -0.05) is 12.1 Å². The van der Waals surface area contributed by atoms with Crippen molar-refractivity contribution in [2.45, 2.75) is 45.2 Å². The summed E-state index contributed by atoms with van der Waals surface area (Å²) < 4.78 is 14.1. The first kappa shape index (κ1) is 20.1. The number of hydrogen-bond acceptors (Lipinski definition) is 4. The van der Waals surface area contributed by atoms with Crippen LogP contribution in [0.15, 0.2) is 24.3 Å². The average Bonchev–Trinajstić information content (AvgIpc) is 2.66. The molecule has 0 amide bonds. The first-order valence-electron chi connectivity index (χ1n) is 10.1. The first-order valence-corrected chi connectivity index (χ1v) is 10.1. The van der Waals surface area contributed by atoms with Crippen molar-refractivity contribution in [1.82, 2.24) is 9.80 Å². The van der Waals surface area contributed by atoms with Gasteiger partial charge in [-0.15, -0.1) is 0 Å². The minimum absolute atomic E-state index is 0.157. The molecule has 2 atom stereocenters. The highest BCUT2D eigenvalue weighted by molar-refractivity contribution is 5.66. The van der Waals surface area contributed by atoms with Crippen molar-refractivity contribution in [2.24, 2.45) is 5.92 Å². The van der Waals surface area contributed by atoms with Crippen molar-refractivity contribution in [3.05, 3.63) is 30.1 Å². The fourth-order valence-electron chi connectivity index (χ4n) is 4.59. The van der Waals surface area contributed by atoms with E-state index in [1.54, 1.807) is 6.07 Å². The molecule has 3 rings (SSSR count). The van der Waals surface area contributed by atoms with Gasteiger partial charge in [-0.25, -0.2) is 4.39 Å². The molecule has 2 aliphatic rings. The number of hydrogen-bond donors (Lipinski definition) is 1. The van der Waals surface area contributed by atoms with Crippen LogP contribution in [0.2, 0.25) is 0 Å². The Bertz CT molecular complexity index is 632. The Morgan fingerprint density at radius 3 is 2.52 bits per heavy atom. The van der Waals surface area contributed by atoms with E-state index in [1.165, 1.54) is 6.07 Å². The molecule has 0 aromatic heterocycles. The Kier molecular flexibility index (Phi) is 6.71. The quantitative estimate of drug-likeness (QED) is 0.826. The van der Waals surface area contributed by atoms with Gasteiger partial charge in [0.2, 0.25) is 0 Å². The van der Waals surface area contributed by atoms with Gasteiger partial charge in [-0.3, -0.25) is 9.69 Å². The molecule has 150 valence electrons. The highest BCUT2D eigenvalue weighted by Gasteiger charge is 2.35. The molecule has 2 aliphatic heterocycles. The molecule has 0 bridgehead atoms. The van der Waals surface area contributed by atoms with Gasteiger partial charge in [0.1, 0.15) is 5.82 Å². The summed E-state index contributed by atoms with van der Waals surface area (Å²) in [5.41, 5.74) is 0.689. The maximum Gasteiger partial charge on any atom is 0.303 e. The van der Waals surface area contributed by atoms with Crippen molar-refractivity contribution in [3.63, 3.8) is 0 Å². The van der Waals surface area contributed by atoms with Crippen molar-refractivity contribution in [2.75, 3.05) is 44.2 Å². The number of anilines is 1. The number of nitrogens with zero attached hydrogens (tertiary/aromatic N) is 3. The van der Waals surface area contributed by atoms with Gasteiger partial charge in [0.25, 0.3) is 0 Å². The summed E-state index contributed by atoms with van der Waals surface area (Å²) in [5, 5.41) is 9.13. The largest absolute Gasteiger partial charge is 0.481 e. The molecule has 0 saturated carbocycles. The summed E-state index contributed by atoms with van der Waals surface area (Å²) in [6.45, 7) is 9.91.